The molecule has 0 atom stereocenters. The molecule has 4 heteroatoms. The molecule has 0 aliphatic rings. The van der Waals surface area contributed by atoms with E-state index in [4.69, 9.17) is 0 Å². The van der Waals surface area contributed by atoms with Crippen molar-refractivity contribution in [2.75, 3.05) is 6.54 Å². The minimum atomic E-state index is -0.1000. The summed E-state index contributed by atoms with van der Waals surface area (Å²) >= 11 is 0. The van der Waals surface area contributed by atoms with E-state index in [1.54, 1.807) is 12.4 Å². The zero-order chi connectivity index (χ0) is 11.1. The van der Waals surface area contributed by atoms with Crippen molar-refractivity contribution in [1.82, 2.24) is 14.9 Å². The fourth-order valence-electron chi connectivity index (χ4n) is 1.34. The lowest BCUT2D eigenvalue weighted by molar-refractivity contribution is 0.242. The summed E-state index contributed by atoms with van der Waals surface area (Å²) < 4.78 is 1.45. The Balaban J connectivity index is 2.08. The van der Waals surface area contributed by atoms with Gasteiger partial charge in [-0.1, -0.05) is 26.7 Å². The number of carbonyl (C=O) groups is 1. The van der Waals surface area contributed by atoms with E-state index < -0.39 is 0 Å². The average molecular weight is 209 g/mol. The summed E-state index contributed by atoms with van der Waals surface area (Å²) in [7, 11) is 0. The molecule has 0 unspecified atom stereocenters. The van der Waals surface area contributed by atoms with E-state index in [1.807, 2.05) is 0 Å². The van der Waals surface area contributed by atoms with Gasteiger partial charge < -0.3 is 5.32 Å². The minimum absolute atomic E-state index is 0.1000. The van der Waals surface area contributed by atoms with Gasteiger partial charge in [0.1, 0.15) is 6.33 Å². The lowest BCUT2D eigenvalue weighted by Gasteiger charge is -2.06. The Bertz CT molecular complexity index is 280. The van der Waals surface area contributed by atoms with Crippen molar-refractivity contribution in [2.24, 2.45) is 5.92 Å². The van der Waals surface area contributed by atoms with Gasteiger partial charge in [0.05, 0.1) is 0 Å². The molecule has 0 radical (unpaired) electrons. The van der Waals surface area contributed by atoms with Crippen LogP contribution in [0.4, 0.5) is 4.79 Å². The van der Waals surface area contributed by atoms with Gasteiger partial charge in [-0.15, -0.1) is 0 Å². The third-order valence-corrected chi connectivity index (χ3v) is 2.22. The second kappa shape index (κ2) is 6.22. The first-order valence-electron chi connectivity index (χ1n) is 5.46. The molecular formula is C11H19N3O. The second-order valence-corrected chi connectivity index (χ2v) is 4.09. The number of amides is 1. The smallest absolute Gasteiger partial charge is 0.326 e. The highest BCUT2D eigenvalue weighted by Crippen LogP contribution is 2.04. The van der Waals surface area contributed by atoms with E-state index in [9.17, 15) is 4.79 Å². The molecule has 0 saturated heterocycles. The molecule has 1 aromatic heterocycles. The number of nitrogens with one attached hydrogen (secondary N) is 1. The van der Waals surface area contributed by atoms with E-state index in [1.165, 1.54) is 23.7 Å². The molecule has 1 aromatic rings. The first-order valence-corrected chi connectivity index (χ1v) is 5.46. The van der Waals surface area contributed by atoms with Crippen LogP contribution in [0.2, 0.25) is 0 Å². The van der Waals surface area contributed by atoms with Crippen LogP contribution in [0.15, 0.2) is 18.7 Å². The standard InChI is InChI=1S/C11H19N3O/c1-10(2)5-3-4-6-13-11(15)14-8-7-12-9-14/h7-10H,3-6H2,1-2H3,(H,13,15). The summed E-state index contributed by atoms with van der Waals surface area (Å²) in [5, 5.41) is 2.84. The van der Waals surface area contributed by atoms with Crippen molar-refractivity contribution in [3.8, 4) is 0 Å². The maximum Gasteiger partial charge on any atom is 0.326 e. The van der Waals surface area contributed by atoms with E-state index in [0.717, 1.165) is 18.9 Å². The zero-order valence-corrected chi connectivity index (χ0v) is 9.44. The summed E-state index contributed by atoms with van der Waals surface area (Å²) in [6.45, 7) is 5.16. The molecular weight excluding hydrogens is 190 g/mol. The molecule has 1 rings (SSSR count). The molecule has 0 spiro atoms. The number of imidazole rings is 1. The van der Waals surface area contributed by atoms with Gasteiger partial charge in [-0.05, 0) is 12.3 Å². The van der Waals surface area contributed by atoms with Gasteiger partial charge in [0.2, 0.25) is 0 Å². The molecule has 15 heavy (non-hydrogen) atoms. The Hall–Kier alpha value is -1.32. The van der Waals surface area contributed by atoms with E-state index in [0.29, 0.717) is 0 Å². The van der Waals surface area contributed by atoms with Gasteiger partial charge >= 0.3 is 6.03 Å². The third-order valence-electron chi connectivity index (χ3n) is 2.22. The summed E-state index contributed by atoms with van der Waals surface area (Å²) in [6.07, 6.45) is 8.17. The van der Waals surface area contributed by atoms with Crippen LogP contribution in [-0.2, 0) is 0 Å². The van der Waals surface area contributed by atoms with Crippen LogP contribution < -0.4 is 5.32 Å². The maximum atomic E-state index is 11.4. The van der Waals surface area contributed by atoms with Crippen LogP contribution >= 0.6 is 0 Å². The van der Waals surface area contributed by atoms with E-state index in [-0.39, 0.29) is 6.03 Å². The van der Waals surface area contributed by atoms with E-state index >= 15 is 0 Å². The highest BCUT2D eigenvalue weighted by atomic mass is 16.2. The third kappa shape index (κ3) is 4.63. The van der Waals surface area contributed by atoms with Crippen LogP contribution in [0, 0.1) is 5.92 Å². The van der Waals surface area contributed by atoms with Crippen LogP contribution in [0.3, 0.4) is 0 Å². The number of unbranched alkanes of at least 4 members (excludes halogenated alkanes) is 1. The molecule has 0 aliphatic heterocycles. The molecule has 0 aromatic carbocycles. The van der Waals surface area contributed by atoms with Gasteiger partial charge in [0.25, 0.3) is 0 Å². The lowest BCUT2D eigenvalue weighted by Crippen LogP contribution is -2.28. The molecule has 4 nitrogen and oxygen atoms in total. The number of carbonyl (C=O) groups excluding carboxylic acids is 1. The molecule has 1 heterocycles. The number of nitrogens with zero attached hydrogens (tertiary/aromatic N) is 2. The Morgan fingerprint density at radius 1 is 1.47 bits per heavy atom. The Morgan fingerprint density at radius 2 is 2.27 bits per heavy atom. The first-order chi connectivity index (χ1) is 7.20. The normalized spacial score (nSPS) is 10.6. The Kier molecular flexibility index (Phi) is 4.87. The summed E-state index contributed by atoms with van der Waals surface area (Å²) in [4.78, 5) is 15.2. The lowest BCUT2D eigenvalue weighted by atomic mass is 10.1. The number of hydrogen-bond donors (Lipinski definition) is 1. The van der Waals surface area contributed by atoms with Crippen molar-refractivity contribution in [3.05, 3.63) is 18.7 Å². The Labute approximate surface area is 90.7 Å². The second-order valence-electron chi connectivity index (χ2n) is 4.09. The SMILES string of the molecule is CC(C)CCCCNC(=O)n1ccnc1. The van der Waals surface area contributed by atoms with Crippen molar-refractivity contribution in [2.45, 2.75) is 33.1 Å². The molecule has 84 valence electrons. The van der Waals surface area contributed by atoms with Gasteiger partial charge in [0.15, 0.2) is 0 Å². The molecule has 1 amide bonds. The molecule has 1 N–H and O–H groups in total. The fourth-order valence-corrected chi connectivity index (χ4v) is 1.34. The summed E-state index contributed by atoms with van der Waals surface area (Å²) in [5.74, 6) is 0.745. The van der Waals surface area contributed by atoms with Gasteiger partial charge in [0, 0.05) is 18.9 Å². The van der Waals surface area contributed by atoms with Crippen LogP contribution in [0.1, 0.15) is 33.1 Å². The van der Waals surface area contributed by atoms with Gasteiger partial charge in [-0.2, -0.15) is 0 Å². The highest BCUT2D eigenvalue weighted by molar-refractivity contribution is 5.76. The topological polar surface area (TPSA) is 46.9 Å². The van der Waals surface area contributed by atoms with Crippen molar-refractivity contribution >= 4 is 6.03 Å². The Morgan fingerprint density at radius 3 is 2.87 bits per heavy atom. The largest absolute Gasteiger partial charge is 0.337 e. The maximum absolute atomic E-state index is 11.4. The molecule has 0 saturated carbocycles. The summed E-state index contributed by atoms with van der Waals surface area (Å²) in [6, 6.07) is -0.1000. The van der Waals surface area contributed by atoms with Crippen molar-refractivity contribution in [1.29, 1.82) is 0 Å². The zero-order valence-electron chi connectivity index (χ0n) is 9.44. The highest BCUT2D eigenvalue weighted by Gasteiger charge is 2.01. The molecule has 0 aliphatic carbocycles. The number of rotatable bonds is 5. The van der Waals surface area contributed by atoms with Crippen LogP contribution in [-0.4, -0.2) is 22.1 Å². The van der Waals surface area contributed by atoms with Crippen LogP contribution in [0.25, 0.3) is 0 Å². The van der Waals surface area contributed by atoms with Crippen molar-refractivity contribution < 1.29 is 4.79 Å². The average Bonchev–Trinajstić information content (AvgIpc) is 2.69. The number of hydrogen-bond acceptors (Lipinski definition) is 2. The van der Waals surface area contributed by atoms with Crippen LogP contribution in [0.5, 0.6) is 0 Å². The van der Waals surface area contributed by atoms with Gasteiger partial charge in [-0.25, -0.2) is 9.78 Å². The molecule has 0 fully saturated rings. The minimum Gasteiger partial charge on any atom is -0.337 e. The predicted octanol–water partition coefficient (Wildman–Crippen LogP) is 2.27. The van der Waals surface area contributed by atoms with Crippen molar-refractivity contribution in [3.63, 3.8) is 0 Å². The number of aromatic nitrogens is 2. The monoisotopic (exact) mass is 209 g/mol. The summed E-state index contributed by atoms with van der Waals surface area (Å²) in [5.41, 5.74) is 0. The van der Waals surface area contributed by atoms with Gasteiger partial charge in [-0.3, -0.25) is 4.57 Å². The first kappa shape index (κ1) is 11.8. The van der Waals surface area contributed by atoms with E-state index in [2.05, 4.69) is 24.1 Å². The quantitative estimate of drug-likeness (QED) is 0.756. The fraction of sp³-hybridized carbons (Fsp3) is 0.636. The predicted molar refractivity (Wildman–Crippen MR) is 59.7 cm³/mol. The molecule has 0 bridgehead atoms.